The lowest BCUT2D eigenvalue weighted by Gasteiger charge is -2.15. The number of amides is 2. The van der Waals surface area contributed by atoms with Crippen molar-refractivity contribution in [2.24, 2.45) is 0 Å². The first-order valence-electron chi connectivity index (χ1n) is 11.2. The monoisotopic (exact) mass is 448 g/mol. The Hall–Kier alpha value is -4.38. The number of nitrogens with zero attached hydrogens (tertiary/aromatic N) is 1. The molecule has 5 nitrogen and oxygen atoms in total. The van der Waals surface area contributed by atoms with Gasteiger partial charge in [-0.1, -0.05) is 66.7 Å². The number of nitrogens with one attached hydrogen (secondary N) is 1. The fraction of sp³-hybridized carbons (Fsp3) is 0.103. The van der Waals surface area contributed by atoms with Crippen LogP contribution in [0.25, 0.3) is 16.3 Å². The number of carbonyl (C=O) groups is 2. The molecule has 1 aliphatic rings. The lowest BCUT2D eigenvalue weighted by Crippen LogP contribution is -2.32. The SMILES string of the molecule is CC(C)Oc1ccc(C2=C(Nc3cccc4ccccc34)C(=O)N(c3ccccc3)C2=O)cc1. The molecule has 0 fully saturated rings. The van der Waals surface area contributed by atoms with Crippen LogP contribution in [0.4, 0.5) is 11.4 Å². The lowest BCUT2D eigenvalue weighted by atomic mass is 10.0. The van der Waals surface area contributed by atoms with Gasteiger partial charge in [-0.15, -0.1) is 0 Å². The molecule has 5 rings (SSSR count). The maximum Gasteiger partial charge on any atom is 0.282 e. The Bertz CT molecular complexity index is 1400. The summed E-state index contributed by atoms with van der Waals surface area (Å²) >= 11 is 0. The maximum atomic E-state index is 13.6. The minimum atomic E-state index is -0.387. The number of rotatable bonds is 6. The highest BCUT2D eigenvalue weighted by molar-refractivity contribution is 6.46. The molecule has 4 aromatic carbocycles. The number of hydrogen-bond donors (Lipinski definition) is 1. The zero-order chi connectivity index (χ0) is 23.7. The predicted molar refractivity (Wildman–Crippen MR) is 136 cm³/mol. The number of carbonyl (C=O) groups excluding carboxylic acids is 2. The van der Waals surface area contributed by atoms with Crippen molar-refractivity contribution in [1.29, 1.82) is 0 Å². The summed E-state index contributed by atoms with van der Waals surface area (Å²) in [5, 5.41) is 5.31. The van der Waals surface area contributed by atoms with E-state index in [4.69, 9.17) is 4.74 Å². The van der Waals surface area contributed by atoms with Crippen LogP contribution in [0, 0.1) is 0 Å². The summed E-state index contributed by atoms with van der Waals surface area (Å²) in [6.07, 6.45) is 0.0388. The highest BCUT2D eigenvalue weighted by Crippen LogP contribution is 2.35. The molecule has 0 unspecified atom stereocenters. The number of ether oxygens (including phenoxy) is 1. The van der Waals surface area contributed by atoms with E-state index in [9.17, 15) is 9.59 Å². The highest BCUT2D eigenvalue weighted by atomic mass is 16.5. The van der Waals surface area contributed by atoms with E-state index in [0.717, 1.165) is 16.5 Å². The number of anilines is 2. The van der Waals surface area contributed by atoms with Crippen molar-refractivity contribution >= 4 is 39.5 Å². The minimum Gasteiger partial charge on any atom is -0.491 e. The molecule has 1 heterocycles. The first kappa shape index (κ1) is 21.5. The summed E-state index contributed by atoms with van der Waals surface area (Å²) in [6.45, 7) is 3.92. The first-order valence-corrected chi connectivity index (χ1v) is 11.2. The van der Waals surface area contributed by atoms with Gasteiger partial charge in [0.25, 0.3) is 11.8 Å². The van der Waals surface area contributed by atoms with Crippen LogP contribution in [-0.2, 0) is 9.59 Å². The normalized spacial score (nSPS) is 13.8. The fourth-order valence-corrected chi connectivity index (χ4v) is 4.17. The molecular weight excluding hydrogens is 424 g/mol. The van der Waals surface area contributed by atoms with E-state index in [1.54, 1.807) is 12.1 Å². The van der Waals surface area contributed by atoms with Gasteiger partial charge in [-0.3, -0.25) is 9.59 Å². The van der Waals surface area contributed by atoms with Crippen LogP contribution in [0.3, 0.4) is 0 Å². The quantitative estimate of drug-likeness (QED) is 0.366. The minimum absolute atomic E-state index is 0.0388. The van der Waals surface area contributed by atoms with Gasteiger partial charge in [-0.2, -0.15) is 0 Å². The molecule has 0 aromatic heterocycles. The Labute approximate surface area is 198 Å². The Balaban J connectivity index is 1.62. The van der Waals surface area contributed by atoms with Gasteiger partial charge < -0.3 is 10.1 Å². The second-order valence-electron chi connectivity index (χ2n) is 8.37. The van der Waals surface area contributed by atoms with Crippen molar-refractivity contribution in [3.05, 3.63) is 108 Å². The van der Waals surface area contributed by atoms with Gasteiger partial charge in [-0.05, 0) is 55.1 Å². The van der Waals surface area contributed by atoms with Gasteiger partial charge in [0.15, 0.2) is 0 Å². The average molecular weight is 449 g/mol. The standard InChI is InChI=1S/C29H24N2O3/c1-19(2)34-23-17-15-21(16-18-23)26-27(29(33)31(28(26)32)22-11-4-3-5-12-22)30-25-14-8-10-20-9-6-7-13-24(20)25/h3-19,30H,1-2H3. The van der Waals surface area contributed by atoms with Gasteiger partial charge in [0.2, 0.25) is 0 Å². The van der Waals surface area contributed by atoms with Crippen LogP contribution in [0.5, 0.6) is 5.75 Å². The zero-order valence-corrected chi connectivity index (χ0v) is 19.0. The summed E-state index contributed by atoms with van der Waals surface area (Å²) in [6, 6.07) is 30.0. The molecule has 1 aliphatic heterocycles. The van der Waals surface area contributed by atoms with Gasteiger partial charge in [0.1, 0.15) is 11.4 Å². The smallest absolute Gasteiger partial charge is 0.282 e. The summed E-state index contributed by atoms with van der Waals surface area (Å²) in [7, 11) is 0. The van der Waals surface area contributed by atoms with Crippen molar-refractivity contribution in [3.8, 4) is 5.75 Å². The largest absolute Gasteiger partial charge is 0.491 e. The first-order chi connectivity index (χ1) is 16.5. The van der Waals surface area contributed by atoms with Crippen molar-refractivity contribution in [2.75, 3.05) is 10.2 Å². The summed E-state index contributed by atoms with van der Waals surface area (Å²) in [5.41, 5.74) is 2.53. The fourth-order valence-electron chi connectivity index (χ4n) is 4.17. The summed E-state index contributed by atoms with van der Waals surface area (Å²) < 4.78 is 5.75. The number of para-hydroxylation sites is 1. The van der Waals surface area contributed by atoms with E-state index in [1.807, 2.05) is 98.8 Å². The molecule has 1 N–H and O–H groups in total. The van der Waals surface area contributed by atoms with Gasteiger partial charge in [0.05, 0.1) is 17.4 Å². The van der Waals surface area contributed by atoms with Crippen molar-refractivity contribution in [2.45, 2.75) is 20.0 Å². The van der Waals surface area contributed by atoms with Gasteiger partial charge in [-0.25, -0.2) is 4.90 Å². The molecule has 0 atom stereocenters. The second-order valence-corrected chi connectivity index (χ2v) is 8.37. The van der Waals surface area contributed by atoms with E-state index in [0.29, 0.717) is 22.6 Å². The Morgan fingerprint density at radius 3 is 2.15 bits per heavy atom. The average Bonchev–Trinajstić information content (AvgIpc) is 3.09. The molecule has 4 aromatic rings. The van der Waals surface area contributed by atoms with Crippen LogP contribution >= 0.6 is 0 Å². The van der Waals surface area contributed by atoms with Crippen molar-refractivity contribution in [1.82, 2.24) is 0 Å². The Kier molecular flexibility index (Phi) is 5.60. The zero-order valence-electron chi connectivity index (χ0n) is 19.0. The predicted octanol–water partition coefficient (Wildman–Crippen LogP) is 6.02. The van der Waals surface area contributed by atoms with Gasteiger partial charge in [0, 0.05) is 11.1 Å². The molecule has 0 spiro atoms. The summed E-state index contributed by atoms with van der Waals surface area (Å²) in [5.74, 6) is -0.0438. The number of hydrogen-bond acceptors (Lipinski definition) is 4. The Morgan fingerprint density at radius 2 is 1.41 bits per heavy atom. The third kappa shape index (κ3) is 3.92. The molecule has 168 valence electrons. The maximum absolute atomic E-state index is 13.6. The van der Waals surface area contributed by atoms with E-state index in [1.165, 1.54) is 4.90 Å². The third-order valence-electron chi connectivity index (χ3n) is 5.66. The van der Waals surface area contributed by atoms with Crippen LogP contribution in [0.15, 0.2) is 103 Å². The van der Waals surface area contributed by atoms with E-state index < -0.39 is 0 Å². The molecule has 0 bridgehead atoms. The van der Waals surface area contributed by atoms with Crippen LogP contribution in [-0.4, -0.2) is 17.9 Å². The molecule has 34 heavy (non-hydrogen) atoms. The molecule has 0 radical (unpaired) electrons. The second kappa shape index (κ2) is 8.87. The highest BCUT2D eigenvalue weighted by Gasteiger charge is 2.40. The number of benzene rings is 4. The van der Waals surface area contributed by atoms with E-state index in [2.05, 4.69) is 5.32 Å². The molecule has 0 saturated carbocycles. The van der Waals surface area contributed by atoms with E-state index >= 15 is 0 Å². The van der Waals surface area contributed by atoms with Gasteiger partial charge >= 0.3 is 0 Å². The lowest BCUT2D eigenvalue weighted by molar-refractivity contribution is -0.120. The summed E-state index contributed by atoms with van der Waals surface area (Å²) in [4.78, 5) is 28.5. The van der Waals surface area contributed by atoms with Crippen LogP contribution in [0.1, 0.15) is 19.4 Å². The Morgan fingerprint density at radius 1 is 0.735 bits per heavy atom. The van der Waals surface area contributed by atoms with E-state index in [-0.39, 0.29) is 23.6 Å². The molecule has 0 saturated heterocycles. The topological polar surface area (TPSA) is 58.6 Å². The number of fused-ring (bicyclic) bond motifs is 1. The van der Waals surface area contributed by atoms with Crippen molar-refractivity contribution in [3.63, 3.8) is 0 Å². The molecule has 5 heteroatoms. The third-order valence-corrected chi connectivity index (χ3v) is 5.66. The van der Waals surface area contributed by atoms with Crippen LogP contribution in [0.2, 0.25) is 0 Å². The molecular formula is C29H24N2O3. The van der Waals surface area contributed by atoms with Crippen molar-refractivity contribution < 1.29 is 14.3 Å². The van der Waals surface area contributed by atoms with Crippen LogP contribution < -0.4 is 15.0 Å². The molecule has 2 amide bonds. The molecule has 0 aliphatic carbocycles. The number of imide groups is 1.